The van der Waals surface area contributed by atoms with Crippen molar-refractivity contribution in [3.05, 3.63) is 48.0 Å². The second kappa shape index (κ2) is 4.24. The van der Waals surface area contributed by atoms with Crippen LogP contribution in [-0.4, -0.2) is 18.8 Å². The van der Waals surface area contributed by atoms with Crippen molar-refractivity contribution in [2.24, 2.45) is 0 Å². The van der Waals surface area contributed by atoms with E-state index in [1.165, 1.54) is 5.39 Å². The molecule has 2 nitrogen and oxygen atoms in total. The predicted molar refractivity (Wildman–Crippen MR) is 65.4 cm³/mol. The average Bonchev–Trinajstić information content (AvgIpc) is 2.28. The topological polar surface area (TPSA) is 29.5 Å². The Hall–Kier alpha value is -1.38. The van der Waals surface area contributed by atoms with Gasteiger partial charge in [-0.1, -0.05) is 36.4 Å². The van der Waals surface area contributed by atoms with Gasteiger partial charge in [-0.05, 0) is 29.3 Å². The van der Waals surface area contributed by atoms with Gasteiger partial charge in [-0.15, -0.1) is 0 Å². The van der Waals surface area contributed by atoms with E-state index in [0.717, 1.165) is 10.9 Å². The van der Waals surface area contributed by atoms with Gasteiger partial charge in [0.1, 0.15) is 5.60 Å². The van der Waals surface area contributed by atoms with Crippen LogP contribution in [0.5, 0.6) is 0 Å². The second-order valence-electron chi connectivity index (χ2n) is 4.27. The van der Waals surface area contributed by atoms with Crippen LogP contribution in [0.2, 0.25) is 0 Å². The van der Waals surface area contributed by atoms with Crippen LogP contribution in [0.1, 0.15) is 12.5 Å². The van der Waals surface area contributed by atoms with E-state index in [9.17, 15) is 5.11 Å². The minimum absolute atomic E-state index is 0.297. The Morgan fingerprint density at radius 1 is 1.12 bits per heavy atom. The normalized spacial score (nSPS) is 14.9. The number of hydrogen-bond donors (Lipinski definition) is 1. The van der Waals surface area contributed by atoms with Crippen molar-refractivity contribution in [3.8, 4) is 0 Å². The smallest absolute Gasteiger partial charge is 0.110 e. The highest BCUT2D eigenvalue weighted by atomic mass is 16.5. The van der Waals surface area contributed by atoms with E-state index in [4.69, 9.17) is 4.74 Å². The van der Waals surface area contributed by atoms with Crippen LogP contribution in [-0.2, 0) is 10.3 Å². The van der Waals surface area contributed by atoms with Crippen LogP contribution in [0.25, 0.3) is 10.8 Å². The number of benzene rings is 2. The van der Waals surface area contributed by atoms with Gasteiger partial charge in [-0.2, -0.15) is 0 Å². The maximum absolute atomic E-state index is 10.2. The van der Waals surface area contributed by atoms with Gasteiger partial charge in [0.2, 0.25) is 0 Å². The molecule has 2 heteroatoms. The van der Waals surface area contributed by atoms with Crippen LogP contribution in [0.4, 0.5) is 0 Å². The molecule has 0 aliphatic rings. The van der Waals surface area contributed by atoms with Crippen molar-refractivity contribution < 1.29 is 9.84 Å². The Labute approximate surface area is 95.5 Å². The standard InChI is InChI=1S/C14H16O2/c1-14(15,10-16-2)13-8-7-11-5-3-4-6-12(11)9-13/h3-9,15H,10H2,1-2H3. The highest BCUT2D eigenvalue weighted by molar-refractivity contribution is 5.83. The largest absolute Gasteiger partial charge is 0.383 e. The molecule has 0 radical (unpaired) electrons. The van der Waals surface area contributed by atoms with Crippen molar-refractivity contribution in [2.45, 2.75) is 12.5 Å². The molecule has 0 aliphatic carbocycles. The summed E-state index contributed by atoms with van der Waals surface area (Å²) in [5.74, 6) is 0. The lowest BCUT2D eigenvalue weighted by molar-refractivity contribution is -0.0207. The Bertz CT molecular complexity index is 489. The van der Waals surface area contributed by atoms with Gasteiger partial charge in [0.15, 0.2) is 0 Å². The Morgan fingerprint density at radius 2 is 1.81 bits per heavy atom. The van der Waals surface area contributed by atoms with Gasteiger partial charge >= 0.3 is 0 Å². The summed E-state index contributed by atoms with van der Waals surface area (Å²) < 4.78 is 5.02. The molecule has 0 saturated heterocycles. The summed E-state index contributed by atoms with van der Waals surface area (Å²) in [5.41, 5.74) is -0.0493. The molecule has 1 atom stereocenters. The molecular formula is C14H16O2. The SMILES string of the molecule is COCC(C)(O)c1ccc2ccccc2c1. The molecular weight excluding hydrogens is 200 g/mol. The third-order valence-electron chi connectivity index (χ3n) is 2.80. The first-order valence-electron chi connectivity index (χ1n) is 5.34. The lowest BCUT2D eigenvalue weighted by atomic mass is 9.94. The van der Waals surface area contributed by atoms with Gasteiger partial charge < -0.3 is 9.84 Å². The number of methoxy groups -OCH3 is 1. The molecule has 1 unspecified atom stereocenters. The fraction of sp³-hybridized carbons (Fsp3) is 0.286. The van der Waals surface area contributed by atoms with E-state index in [0.29, 0.717) is 6.61 Å². The van der Waals surface area contributed by atoms with Gasteiger partial charge in [0, 0.05) is 7.11 Å². The minimum Gasteiger partial charge on any atom is -0.383 e. The molecule has 1 N–H and O–H groups in total. The zero-order valence-corrected chi connectivity index (χ0v) is 9.60. The lowest BCUT2D eigenvalue weighted by Crippen LogP contribution is -2.26. The number of fused-ring (bicyclic) bond motifs is 1. The van der Waals surface area contributed by atoms with Crippen LogP contribution in [0, 0.1) is 0 Å². The van der Waals surface area contributed by atoms with Crippen molar-refractivity contribution >= 4 is 10.8 Å². The number of ether oxygens (including phenoxy) is 1. The molecule has 0 fully saturated rings. The molecule has 16 heavy (non-hydrogen) atoms. The van der Waals surface area contributed by atoms with E-state index in [1.807, 2.05) is 36.4 Å². The maximum Gasteiger partial charge on any atom is 0.110 e. The third-order valence-corrected chi connectivity index (χ3v) is 2.80. The molecule has 84 valence electrons. The van der Waals surface area contributed by atoms with Crippen molar-refractivity contribution in [2.75, 3.05) is 13.7 Å². The zero-order chi connectivity index (χ0) is 11.6. The molecule has 0 amide bonds. The third kappa shape index (κ3) is 2.08. The molecule has 2 aromatic carbocycles. The fourth-order valence-corrected chi connectivity index (χ4v) is 1.89. The molecule has 2 aromatic rings. The maximum atomic E-state index is 10.2. The van der Waals surface area contributed by atoms with E-state index < -0.39 is 5.60 Å². The monoisotopic (exact) mass is 216 g/mol. The fourth-order valence-electron chi connectivity index (χ4n) is 1.89. The first-order valence-corrected chi connectivity index (χ1v) is 5.34. The zero-order valence-electron chi connectivity index (χ0n) is 9.60. The van der Waals surface area contributed by atoms with Gasteiger partial charge in [-0.3, -0.25) is 0 Å². The van der Waals surface area contributed by atoms with Crippen LogP contribution in [0.3, 0.4) is 0 Å². The summed E-state index contributed by atoms with van der Waals surface area (Å²) in [5, 5.41) is 12.5. The van der Waals surface area contributed by atoms with Crippen molar-refractivity contribution in [1.82, 2.24) is 0 Å². The van der Waals surface area contributed by atoms with E-state index in [1.54, 1.807) is 14.0 Å². The van der Waals surface area contributed by atoms with Crippen LogP contribution >= 0.6 is 0 Å². The summed E-state index contributed by atoms with van der Waals surface area (Å²) in [6.45, 7) is 2.06. The molecule has 0 spiro atoms. The Kier molecular flexibility index (Phi) is 2.95. The predicted octanol–water partition coefficient (Wildman–Crippen LogP) is 2.69. The first kappa shape index (κ1) is 11.1. The van der Waals surface area contributed by atoms with Gasteiger partial charge in [0.05, 0.1) is 6.61 Å². The molecule has 0 saturated carbocycles. The Balaban J connectivity index is 2.46. The lowest BCUT2D eigenvalue weighted by Gasteiger charge is -2.23. The summed E-state index contributed by atoms with van der Waals surface area (Å²) >= 11 is 0. The summed E-state index contributed by atoms with van der Waals surface area (Å²) in [4.78, 5) is 0. The first-order chi connectivity index (χ1) is 7.63. The summed E-state index contributed by atoms with van der Waals surface area (Å²) in [7, 11) is 1.59. The van der Waals surface area contributed by atoms with Crippen LogP contribution < -0.4 is 0 Å². The quantitative estimate of drug-likeness (QED) is 0.854. The van der Waals surface area contributed by atoms with Gasteiger partial charge in [0.25, 0.3) is 0 Å². The van der Waals surface area contributed by atoms with Crippen molar-refractivity contribution in [3.63, 3.8) is 0 Å². The minimum atomic E-state index is -0.932. The molecule has 0 heterocycles. The highest BCUT2D eigenvalue weighted by Gasteiger charge is 2.22. The second-order valence-corrected chi connectivity index (χ2v) is 4.27. The molecule has 0 aliphatic heterocycles. The van der Waals surface area contributed by atoms with Crippen LogP contribution in [0.15, 0.2) is 42.5 Å². The Morgan fingerprint density at radius 3 is 2.50 bits per heavy atom. The molecule has 0 aromatic heterocycles. The summed E-state index contributed by atoms with van der Waals surface area (Å²) in [6, 6.07) is 14.1. The van der Waals surface area contributed by atoms with E-state index >= 15 is 0 Å². The number of aliphatic hydroxyl groups is 1. The van der Waals surface area contributed by atoms with E-state index in [-0.39, 0.29) is 0 Å². The summed E-state index contributed by atoms with van der Waals surface area (Å²) in [6.07, 6.45) is 0. The number of hydrogen-bond acceptors (Lipinski definition) is 2. The average molecular weight is 216 g/mol. The highest BCUT2D eigenvalue weighted by Crippen LogP contribution is 2.24. The van der Waals surface area contributed by atoms with E-state index in [2.05, 4.69) is 6.07 Å². The van der Waals surface area contributed by atoms with Crippen molar-refractivity contribution in [1.29, 1.82) is 0 Å². The van der Waals surface area contributed by atoms with Gasteiger partial charge in [-0.25, -0.2) is 0 Å². The number of rotatable bonds is 3. The molecule has 0 bridgehead atoms. The molecule has 2 rings (SSSR count).